The topological polar surface area (TPSA) is 72.3 Å². The number of aromatic nitrogens is 3. The maximum atomic E-state index is 11.9. The number of nitrogens with zero attached hydrogens (tertiary/aromatic N) is 4. The van der Waals surface area contributed by atoms with Gasteiger partial charge in [0, 0.05) is 45.0 Å². The quantitative estimate of drug-likeness (QED) is 0.821. The predicted molar refractivity (Wildman–Crippen MR) is 88.5 cm³/mol. The van der Waals surface area contributed by atoms with Crippen molar-refractivity contribution in [1.82, 2.24) is 20.1 Å². The van der Waals surface area contributed by atoms with Gasteiger partial charge in [-0.3, -0.25) is 4.79 Å². The van der Waals surface area contributed by atoms with E-state index in [1.54, 1.807) is 5.51 Å². The molecule has 1 unspecified atom stereocenters. The molecule has 0 saturated carbocycles. The normalized spacial score (nSPS) is 18.1. The van der Waals surface area contributed by atoms with Gasteiger partial charge in [0.15, 0.2) is 0 Å². The maximum absolute atomic E-state index is 11.9. The number of morpholine rings is 1. The molecule has 0 aromatic carbocycles. The van der Waals surface area contributed by atoms with E-state index in [2.05, 4.69) is 25.0 Å². The summed E-state index contributed by atoms with van der Waals surface area (Å²) in [6, 6.07) is 3.98. The van der Waals surface area contributed by atoms with Crippen molar-refractivity contribution in [3.63, 3.8) is 0 Å². The zero-order valence-corrected chi connectivity index (χ0v) is 13.7. The van der Waals surface area contributed by atoms with Crippen molar-refractivity contribution in [3.05, 3.63) is 30.0 Å². The fourth-order valence-corrected chi connectivity index (χ4v) is 3.18. The third-order valence-corrected chi connectivity index (χ3v) is 4.52. The summed E-state index contributed by atoms with van der Waals surface area (Å²) in [4.78, 5) is 14.1. The van der Waals surface area contributed by atoms with E-state index in [9.17, 15) is 4.79 Å². The number of carbonyl (C=O) groups excluding carboxylic acids is 1. The fourth-order valence-electron chi connectivity index (χ4n) is 2.58. The molecule has 1 aliphatic rings. The first kappa shape index (κ1) is 15.9. The molecule has 0 radical (unpaired) electrons. The van der Waals surface area contributed by atoms with Gasteiger partial charge in [-0.25, -0.2) is 0 Å². The molecule has 8 heteroatoms. The van der Waals surface area contributed by atoms with Crippen molar-refractivity contribution in [3.8, 4) is 0 Å². The molecule has 1 saturated heterocycles. The van der Waals surface area contributed by atoms with Crippen LogP contribution in [0.1, 0.15) is 12.8 Å². The summed E-state index contributed by atoms with van der Waals surface area (Å²) >= 11 is 1.52. The Morgan fingerprint density at radius 3 is 3.09 bits per heavy atom. The monoisotopic (exact) mass is 335 g/mol. The fraction of sp³-hybridized carbons (Fsp3) is 0.533. The Balaban J connectivity index is 1.35. The second kappa shape index (κ2) is 8.07. The molecule has 1 aliphatic heterocycles. The van der Waals surface area contributed by atoms with E-state index in [0.29, 0.717) is 19.6 Å². The van der Waals surface area contributed by atoms with Gasteiger partial charge in [-0.15, -0.1) is 10.2 Å². The predicted octanol–water partition coefficient (Wildman–Crippen LogP) is 1.14. The van der Waals surface area contributed by atoms with Crippen LogP contribution in [-0.2, 0) is 16.1 Å². The maximum Gasteiger partial charge on any atom is 0.220 e. The van der Waals surface area contributed by atoms with Gasteiger partial charge in [-0.05, 0) is 18.6 Å². The molecule has 1 amide bonds. The summed E-state index contributed by atoms with van der Waals surface area (Å²) in [7, 11) is 0. The van der Waals surface area contributed by atoms with Crippen molar-refractivity contribution in [2.75, 3.05) is 31.1 Å². The van der Waals surface area contributed by atoms with Crippen LogP contribution in [0, 0.1) is 0 Å². The van der Waals surface area contributed by atoms with Gasteiger partial charge in [0.1, 0.15) is 5.51 Å². The number of aryl methyl sites for hydroxylation is 1. The van der Waals surface area contributed by atoms with E-state index in [1.165, 1.54) is 11.3 Å². The Morgan fingerprint density at radius 2 is 2.30 bits per heavy atom. The highest BCUT2D eigenvalue weighted by Crippen LogP contribution is 2.18. The first-order chi connectivity index (χ1) is 11.3. The Bertz CT molecular complexity index is 587. The van der Waals surface area contributed by atoms with Crippen molar-refractivity contribution < 1.29 is 9.53 Å². The summed E-state index contributed by atoms with van der Waals surface area (Å²) in [5, 5.41) is 11.8. The Hall–Kier alpha value is -1.93. The minimum absolute atomic E-state index is 0.000971. The van der Waals surface area contributed by atoms with E-state index in [-0.39, 0.29) is 12.0 Å². The minimum Gasteiger partial charge on any atom is -0.373 e. The molecule has 23 heavy (non-hydrogen) atoms. The van der Waals surface area contributed by atoms with E-state index in [1.807, 2.05) is 24.5 Å². The van der Waals surface area contributed by atoms with Crippen LogP contribution >= 0.6 is 11.3 Å². The van der Waals surface area contributed by atoms with Gasteiger partial charge < -0.3 is 19.5 Å². The number of hydrogen-bond acceptors (Lipinski definition) is 6. The molecule has 0 spiro atoms. The van der Waals surface area contributed by atoms with Crippen LogP contribution in [-0.4, -0.2) is 53.0 Å². The van der Waals surface area contributed by atoms with Crippen LogP contribution < -0.4 is 10.2 Å². The number of nitrogens with one attached hydrogen (secondary N) is 1. The standard InChI is InChI=1S/C15H21N5O2S/c21-14(4-3-7-19-5-1-2-6-19)16-10-13-11-20(8-9-22-13)15-18-17-12-23-15/h1-2,5-6,12-13H,3-4,7-11H2,(H,16,21). The van der Waals surface area contributed by atoms with Gasteiger partial charge in [-0.1, -0.05) is 11.3 Å². The van der Waals surface area contributed by atoms with E-state index >= 15 is 0 Å². The third-order valence-electron chi connectivity index (χ3n) is 3.77. The molecule has 1 fully saturated rings. The highest BCUT2D eigenvalue weighted by Gasteiger charge is 2.22. The molecular weight excluding hydrogens is 314 g/mol. The Labute approximate surface area is 139 Å². The molecule has 3 rings (SSSR count). The summed E-state index contributed by atoms with van der Waals surface area (Å²) in [5.74, 6) is 0.0776. The number of ether oxygens (including phenoxy) is 1. The highest BCUT2D eigenvalue weighted by atomic mass is 32.1. The summed E-state index contributed by atoms with van der Waals surface area (Å²) < 4.78 is 7.80. The lowest BCUT2D eigenvalue weighted by atomic mass is 10.2. The van der Waals surface area contributed by atoms with Crippen LogP contribution in [0.15, 0.2) is 30.0 Å². The number of amides is 1. The first-order valence-corrected chi connectivity index (χ1v) is 8.69. The van der Waals surface area contributed by atoms with E-state index < -0.39 is 0 Å². The molecule has 7 nitrogen and oxygen atoms in total. The lowest BCUT2D eigenvalue weighted by Crippen LogP contribution is -2.47. The lowest BCUT2D eigenvalue weighted by molar-refractivity contribution is -0.122. The number of hydrogen-bond donors (Lipinski definition) is 1. The minimum atomic E-state index is 0.000971. The van der Waals surface area contributed by atoms with Crippen molar-refractivity contribution >= 4 is 22.4 Å². The van der Waals surface area contributed by atoms with Crippen LogP contribution in [0.4, 0.5) is 5.13 Å². The van der Waals surface area contributed by atoms with E-state index in [4.69, 9.17) is 4.74 Å². The van der Waals surface area contributed by atoms with Gasteiger partial charge in [0.25, 0.3) is 0 Å². The molecule has 2 aromatic rings. The summed E-state index contributed by atoms with van der Waals surface area (Å²) in [5.41, 5.74) is 1.73. The summed E-state index contributed by atoms with van der Waals surface area (Å²) in [6.07, 6.45) is 5.39. The van der Waals surface area contributed by atoms with E-state index in [0.717, 1.165) is 31.2 Å². The SMILES string of the molecule is O=C(CCCn1cccc1)NCC1CN(c2nncs2)CCO1. The van der Waals surface area contributed by atoms with Crippen molar-refractivity contribution in [2.45, 2.75) is 25.5 Å². The van der Waals surface area contributed by atoms with Gasteiger partial charge in [0.05, 0.1) is 12.7 Å². The van der Waals surface area contributed by atoms with Gasteiger partial charge in [-0.2, -0.15) is 0 Å². The zero-order chi connectivity index (χ0) is 15.9. The molecule has 0 bridgehead atoms. The smallest absolute Gasteiger partial charge is 0.220 e. The molecule has 2 aromatic heterocycles. The van der Waals surface area contributed by atoms with Crippen LogP contribution in [0.25, 0.3) is 0 Å². The van der Waals surface area contributed by atoms with Crippen molar-refractivity contribution in [2.24, 2.45) is 0 Å². The van der Waals surface area contributed by atoms with Crippen LogP contribution in [0.5, 0.6) is 0 Å². The van der Waals surface area contributed by atoms with Gasteiger partial charge in [0.2, 0.25) is 11.0 Å². The largest absolute Gasteiger partial charge is 0.373 e. The summed E-state index contributed by atoms with van der Waals surface area (Å²) in [6.45, 7) is 3.60. The first-order valence-electron chi connectivity index (χ1n) is 7.81. The third kappa shape index (κ3) is 4.77. The van der Waals surface area contributed by atoms with Crippen molar-refractivity contribution in [1.29, 1.82) is 0 Å². The molecule has 0 aliphatic carbocycles. The van der Waals surface area contributed by atoms with Crippen LogP contribution in [0.3, 0.4) is 0 Å². The highest BCUT2D eigenvalue weighted by molar-refractivity contribution is 7.13. The molecule has 1 N–H and O–H groups in total. The van der Waals surface area contributed by atoms with Crippen LogP contribution in [0.2, 0.25) is 0 Å². The molecule has 3 heterocycles. The lowest BCUT2D eigenvalue weighted by Gasteiger charge is -2.32. The van der Waals surface area contributed by atoms with Gasteiger partial charge >= 0.3 is 0 Å². The number of anilines is 1. The second-order valence-electron chi connectivity index (χ2n) is 5.49. The average Bonchev–Trinajstić information content (AvgIpc) is 3.27. The Morgan fingerprint density at radius 1 is 1.43 bits per heavy atom. The molecule has 124 valence electrons. The second-order valence-corrected chi connectivity index (χ2v) is 6.30. The Kier molecular flexibility index (Phi) is 5.60. The zero-order valence-electron chi connectivity index (χ0n) is 12.9. The number of rotatable bonds is 7. The molecular formula is C15H21N5O2S. The number of carbonyl (C=O) groups is 1. The molecule has 1 atom stereocenters. The average molecular weight is 335 g/mol.